The lowest BCUT2D eigenvalue weighted by atomic mass is 10.0. The number of carbonyl (C=O) groups excluding carboxylic acids is 1. The van der Waals surface area contributed by atoms with Gasteiger partial charge in [0.2, 0.25) is 0 Å². The Labute approximate surface area is 129 Å². The molecule has 4 heteroatoms. The van der Waals surface area contributed by atoms with Crippen molar-refractivity contribution in [3.8, 4) is 0 Å². The number of hydrogen-bond acceptors (Lipinski definition) is 2. The number of morpholine rings is 1. The van der Waals surface area contributed by atoms with E-state index in [1.165, 1.54) is 24.3 Å². The third-order valence-electron chi connectivity index (χ3n) is 3.96. The maximum absolute atomic E-state index is 13.0. The molecule has 2 aromatic carbocycles. The van der Waals surface area contributed by atoms with Crippen molar-refractivity contribution >= 4 is 5.91 Å². The van der Waals surface area contributed by atoms with Crippen molar-refractivity contribution < 1.29 is 13.9 Å². The monoisotopic (exact) mass is 299 g/mol. The maximum Gasteiger partial charge on any atom is 0.254 e. The fourth-order valence-electron chi connectivity index (χ4n) is 2.67. The Kier molecular flexibility index (Phi) is 4.20. The Bertz CT molecular complexity index is 642. The van der Waals surface area contributed by atoms with Crippen LogP contribution in [0.3, 0.4) is 0 Å². The molecule has 22 heavy (non-hydrogen) atoms. The van der Waals surface area contributed by atoms with Gasteiger partial charge >= 0.3 is 0 Å². The van der Waals surface area contributed by atoms with Gasteiger partial charge in [-0.1, -0.05) is 30.3 Å². The summed E-state index contributed by atoms with van der Waals surface area (Å²) in [6.45, 7) is 2.95. The van der Waals surface area contributed by atoms with Crippen LogP contribution in [0.4, 0.5) is 4.39 Å². The second-order valence-electron chi connectivity index (χ2n) is 5.55. The van der Waals surface area contributed by atoms with E-state index in [9.17, 15) is 9.18 Å². The number of benzene rings is 2. The van der Waals surface area contributed by atoms with Gasteiger partial charge < -0.3 is 9.64 Å². The van der Waals surface area contributed by atoms with Crippen LogP contribution in [0.5, 0.6) is 0 Å². The molecule has 0 radical (unpaired) electrons. The molecule has 0 N–H and O–H groups in total. The molecule has 0 aliphatic carbocycles. The van der Waals surface area contributed by atoms with Crippen LogP contribution < -0.4 is 0 Å². The number of ether oxygens (including phenoxy) is 1. The van der Waals surface area contributed by atoms with Crippen molar-refractivity contribution in [2.75, 3.05) is 13.2 Å². The first-order valence-corrected chi connectivity index (χ1v) is 7.38. The van der Waals surface area contributed by atoms with Gasteiger partial charge in [-0.05, 0) is 36.8 Å². The standard InChI is InChI=1S/C18H18FNO2/c1-13-12-22-17(14-5-3-2-4-6-14)11-20(13)18(21)15-7-9-16(19)10-8-15/h2-10,13,17H,11-12H2,1H3. The summed E-state index contributed by atoms with van der Waals surface area (Å²) in [7, 11) is 0. The van der Waals surface area contributed by atoms with E-state index in [1.54, 1.807) is 4.90 Å². The minimum atomic E-state index is -0.339. The first-order valence-electron chi connectivity index (χ1n) is 7.38. The van der Waals surface area contributed by atoms with Gasteiger partial charge in [-0.15, -0.1) is 0 Å². The predicted molar refractivity (Wildman–Crippen MR) is 82.0 cm³/mol. The molecule has 0 spiro atoms. The number of amides is 1. The molecular formula is C18H18FNO2. The Morgan fingerprint density at radius 3 is 2.50 bits per heavy atom. The molecule has 0 aromatic heterocycles. The van der Waals surface area contributed by atoms with E-state index in [-0.39, 0.29) is 23.9 Å². The van der Waals surface area contributed by atoms with Crippen molar-refractivity contribution in [2.24, 2.45) is 0 Å². The van der Waals surface area contributed by atoms with Crippen molar-refractivity contribution in [3.63, 3.8) is 0 Å². The van der Waals surface area contributed by atoms with Gasteiger partial charge in [0.25, 0.3) is 5.91 Å². The van der Waals surface area contributed by atoms with Crippen LogP contribution in [-0.4, -0.2) is 30.0 Å². The third kappa shape index (κ3) is 3.02. The van der Waals surface area contributed by atoms with Crippen LogP contribution in [-0.2, 0) is 4.74 Å². The minimum absolute atomic E-state index is 0.00230. The summed E-state index contributed by atoms with van der Waals surface area (Å²) in [6.07, 6.45) is -0.123. The van der Waals surface area contributed by atoms with Crippen LogP contribution in [0.15, 0.2) is 54.6 Å². The lowest BCUT2D eigenvalue weighted by Crippen LogP contribution is -2.48. The van der Waals surface area contributed by atoms with E-state index < -0.39 is 0 Å². The van der Waals surface area contributed by atoms with Gasteiger partial charge in [-0.3, -0.25) is 4.79 Å². The maximum atomic E-state index is 13.0. The quantitative estimate of drug-likeness (QED) is 0.850. The van der Waals surface area contributed by atoms with Crippen LogP contribution in [0.1, 0.15) is 28.9 Å². The molecule has 1 heterocycles. The summed E-state index contributed by atoms with van der Waals surface area (Å²) in [5, 5.41) is 0. The highest BCUT2D eigenvalue weighted by molar-refractivity contribution is 5.94. The fraction of sp³-hybridized carbons (Fsp3) is 0.278. The predicted octanol–water partition coefficient (Wildman–Crippen LogP) is 3.43. The summed E-state index contributed by atoms with van der Waals surface area (Å²) in [6, 6.07) is 15.6. The van der Waals surface area contributed by atoms with Crippen molar-refractivity contribution in [1.82, 2.24) is 4.90 Å². The Hall–Kier alpha value is -2.20. The minimum Gasteiger partial charge on any atom is -0.370 e. The molecule has 3 nitrogen and oxygen atoms in total. The zero-order valence-electron chi connectivity index (χ0n) is 12.4. The first kappa shape index (κ1) is 14.7. The smallest absolute Gasteiger partial charge is 0.254 e. The Morgan fingerprint density at radius 1 is 1.14 bits per heavy atom. The molecule has 3 rings (SSSR count). The number of nitrogens with zero attached hydrogens (tertiary/aromatic N) is 1. The summed E-state index contributed by atoms with van der Waals surface area (Å²) < 4.78 is 18.9. The molecule has 114 valence electrons. The molecule has 2 atom stereocenters. The zero-order valence-corrected chi connectivity index (χ0v) is 12.4. The summed E-state index contributed by atoms with van der Waals surface area (Å²) >= 11 is 0. The average molecular weight is 299 g/mol. The van der Waals surface area contributed by atoms with Gasteiger partial charge in [0.15, 0.2) is 0 Å². The lowest BCUT2D eigenvalue weighted by Gasteiger charge is -2.38. The van der Waals surface area contributed by atoms with Crippen LogP contribution in [0.2, 0.25) is 0 Å². The molecule has 1 aliphatic heterocycles. The van der Waals surface area contributed by atoms with Gasteiger partial charge in [0.1, 0.15) is 11.9 Å². The van der Waals surface area contributed by atoms with Crippen molar-refractivity contribution in [1.29, 1.82) is 0 Å². The van der Waals surface area contributed by atoms with Gasteiger partial charge in [-0.2, -0.15) is 0 Å². The SMILES string of the molecule is CC1COC(c2ccccc2)CN1C(=O)c1ccc(F)cc1. The Balaban J connectivity index is 1.79. The van der Waals surface area contributed by atoms with E-state index in [0.29, 0.717) is 18.7 Å². The molecule has 1 amide bonds. The largest absolute Gasteiger partial charge is 0.370 e. The third-order valence-corrected chi connectivity index (χ3v) is 3.96. The van der Waals surface area contributed by atoms with Crippen molar-refractivity contribution in [2.45, 2.75) is 19.1 Å². The molecule has 1 fully saturated rings. The van der Waals surface area contributed by atoms with Gasteiger partial charge in [0, 0.05) is 5.56 Å². The van der Waals surface area contributed by atoms with Crippen LogP contribution >= 0.6 is 0 Å². The number of carbonyl (C=O) groups is 1. The lowest BCUT2D eigenvalue weighted by molar-refractivity contribution is -0.0486. The highest BCUT2D eigenvalue weighted by atomic mass is 19.1. The second kappa shape index (κ2) is 6.28. The highest BCUT2D eigenvalue weighted by Gasteiger charge is 2.30. The van der Waals surface area contributed by atoms with Crippen LogP contribution in [0.25, 0.3) is 0 Å². The van der Waals surface area contributed by atoms with Gasteiger partial charge in [-0.25, -0.2) is 4.39 Å². The molecule has 1 saturated heterocycles. The van der Waals surface area contributed by atoms with E-state index >= 15 is 0 Å². The normalized spacial score (nSPS) is 21.6. The molecular weight excluding hydrogens is 281 g/mol. The summed E-state index contributed by atoms with van der Waals surface area (Å²) in [4.78, 5) is 14.4. The molecule has 0 bridgehead atoms. The molecule has 2 aromatic rings. The van der Waals surface area contributed by atoms with E-state index in [4.69, 9.17) is 4.74 Å². The summed E-state index contributed by atoms with van der Waals surface area (Å²) in [5.41, 5.74) is 1.56. The molecule has 1 aliphatic rings. The van der Waals surface area contributed by atoms with Crippen molar-refractivity contribution in [3.05, 3.63) is 71.5 Å². The summed E-state index contributed by atoms with van der Waals surface area (Å²) in [5.74, 6) is -0.425. The molecule has 2 unspecified atom stereocenters. The topological polar surface area (TPSA) is 29.5 Å². The van der Waals surface area contributed by atoms with E-state index in [1.807, 2.05) is 37.3 Å². The average Bonchev–Trinajstić information content (AvgIpc) is 2.56. The Morgan fingerprint density at radius 2 is 1.82 bits per heavy atom. The molecule has 0 saturated carbocycles. The van der Waals surface area contributed by atoms with Crippen LogP contribution in [0, 0.1) is 5.82 Å². The number of rotatable bonds is 2. The first-order chi connectivity index (χ1) is 10.6. The second-order valence-corrected chi connectivity index (χ2v) is 5.55. The number of hydrogen-bond donors (Lipinski definition) is 0. The van der Waals surface area contributed by atoms with Gasteiger partial charge in [0.05, 0.1) is 19.2 Å². The van der Waals surface area contributed by atoms with E-state index in [0.717, 1.165) is 5.56 Å². The van der Waals surface area contributed by atoms with E-state index in [2.05, 4.69) is 0 Å². The highest BCUT2D eigenvalue weighted by Crippen LogP contribution is 2.26. The zero-order chi connectivity index (χ0) is 15.5. The fourth-order valence-corrected chi connectivity index (χ4v) is 2.67. The number of halogens is 1.